The number of carbonyl (C=O) groups excluding carboxylic acids is 3. The fourth-order valence-electron chi connectivity index (χ4n) is 2.67. The molecule has 3 rings (SSSR count). The Morgan fingerprint density at radius 1 is 1.52 bits per heavy atom. The molecule has 0 spiro atoms. The molecule has 2 aliphatic heterocycles. The predicted octanol–water partition coefficient (Wildman–Crippen LogP) is -1.11. The number of aliphatic carboxylic acids is 1. The van der Waals surface area contributed by atoms with Crippen LogP contribution in [0.2, 0.25) is 0 Å². The average Bonchev–Trinajstić information content (AvgIpc) is 3.05. The van der Waals surface area contributed by atoms with Crippen molar-refractivity contribution in [3.63, 3.8) is 0 Å². The molecule has 0 aromatic carbocycles. The number of ketones is 1. The maximum absolute atomic E-state index is 12.6. The van der Waals surface area contributed by atoms with Gasteiger partial charge in [0.15, 0.2) is 22.7 Å². The number of Topliss-reactive ketones (excluding diaryl/α,β-unsaturated/α-hetero) is 1. The number of anilines is 1. The van der Waals surface area contributed by atoms with E-state index in [1.165, 1.54) is 5.38 Å². The monoisotopic (exact) mass is 413 g/mol. The first kappa shape index (κ1) is 19.1. The number of oxime groups is 1. The molecule has 3 heterocycles. The van der Waals surface area contributed by atoms with Crippen molar-refractivity contribution >= 4 is 57.5 Å². The van der Waals surface area contributed by atoms with Crippen LogP contribution in [0.4, 0.5) is 5.13 Å². The van der Waals surface area contributed by atoms with Gasteiger partial charge in [-0.1, -0.05) is 5.16 Å². The second-order valence-corrected chi connectivity index (χ2v) is 7.53. The summed E-state index contributed by atoms with van der Waals surface area (Å²) in [6.45, 7) is 1.90. The number of nitrogens with two attached hydrogens (primary N) is 1. The number of β-lactam (4-membered cyclic amide) rings is 1. The summed E-state index contributed by atoms with van der Waals surface area (Å²) in [6.07, 6.45) is 0. The minimum Gasteiger partial charge on any atom is -0.479 e. The van der Waals surface area contributed by atoms with Gasteiger partial charge in [0.25, 0.3) is 5.91 Å². The number of carboxylic acid groups (broad SMARTS) is 1. The van der Waals surface area contributed by atoms with E-state index in [2.05, 4.69) is 15.5 Å². The Kier molecular flexibility index (Phi) is 5.32. The van der Waals surface area contributed by atoms with E-state index in [0.29, 0.717) is 0 Å². The molecule has 0 radical (unpaired) electrons. The van der Waals surface area contributed by atoms with Gasteiger partial charge >= 0.3 is 5.97 Å². The SMILES string of the molecule is CCON=C(C(=O)NC1C(=O)N2C(C(=O)O)C(=O)CS[C@@H]12)c1csc(N)n1. The van der Waals surface area contributed by atoms with Crippen LogP contribution in [0.25, 0.3) is 0 Å². The van der Waals surface area contributed by atoms with Crippen LogP contribution in [0, 0.1) is 0 Å². The lowest BCUT2D eigenvalue weighted by Crippen LogP contribution is -2.76. The van der Waals surface area contributed by atoms with Crippen LogP contribution in [-0.2, 0) is 24.0 Å². The summed E-state index contributed by atoms with van der Waals surface area (Å²) in [6, 6.07) is -2.49. The highest BCUT2D eigenvalue weighted by atomic mass is 32.2. The second kappa shape index (κ2) is 7.52. The fraction of sp³-hybridized carbons (Fsp3) is 0.429. The quantitative estimate of drug-likeness (QED) is 0.227. The molecule has 0 bridgehead atoms. The highest BCUT2D eigenvalue weighted by molar-refractivity contribution is 8.00. The molecule has 1 aromatic heterocycles. The van der Waals surface area contributed by atoms with E-state index in [0.717, 1.165) is 28.0 Å². The summed E-state index contributed by atoms with van der Waals surface area (Å²) in [5.74, 6) is -3.36. The molecule has 2 saturated heterocycles. The van der Waals surface area contributed by atoms with E-state index in [-0.39, 0.29) is 28.9 Å². The zero-order valence-corrected chi connectivity index (χ0v) is 15.6. The Balaban J connectivity index is 1.76. The summed E-state index contributed by atoms with van der Waals surface area (Å²) < 4.78 is 0. The van der Waals surface area contributed by atoms with E-state index in [4.69, 9.17) is 10.6 Å². The fourth-order valence-corrected chi connectivity index (χ4v) is 4.47. The molecule has 27 heavy (non-hydrogen) atoms. The van der Waals surface area contributed by atoms with Gasteiger partial charge in [-0.2, -0.15) is 0 Å². The van der Waals surface area contributed by atoms with E-state index in [1.54, 1.807) is 6.92 Å². The van der Waals surface area contributed by atoms with Crippen LogP contribution in [0.3, 0.4) is 0 Å². The first-order chi connectivity index (χ1) is 12.8. The molecule has 2 aliphatic rings. The Morgan fingerprint density at radius 3 is 2.85 bits per heavy atom. The molecule has 11 nitrogen and oxygen atoms in total. The Morgan fingerprint density at radius 2 is 2.26 bits per heavy atom. The van der Waals surface area contributed by atoms with Crippen LogP contribution < -0.4 is 11.1 Å². The van der Waals surface area contributed by atoms with Crippen molar-refractivity contribution in [3.8, 4) is 0 Å². The minimum atomic E-state index is -1.52. The van der Waals surface area contributed by atoms with Crippen LogP contribution in [0.5, 0.6) is 0 Å². The van der Waals surface area contributed by atoms with Crippen molar-refractivity contribution in [2.45, 2.75) is 24.4 Å². The number of carbonyl (C=O) groups is 4. The second-order valence-electron chi connectivity index (χ2n) is 5.53. The topological polar surface area (TPSA) is 164 Å². The molecule has 3 atom stereocenters. The number of nitrogen functional groups attached to an aromatic ring is 1. The standard InChI is InChI=1S/C14H15N5O6S2/c1-2-25-18-7(5-3-27-14(15)16-5)10(21)17-8-11(22)19-9(13(23)24)6(20)4-26-12(8)19/h3,8-9,12H,2,4H2,1H3,(H2,15,16)(H,17,21)(H,23,24)/t8?,9?,12-/m0/s1. The van der Waals surface area contributed by atoms with Crippen molar-refractivity contribution < 1.29 is 29.1 Å². The zero-order chi connectivity index (χ0) is 19.7. The van der Waals surface area contributed by atoms with Crippen molar-refractivity contribution in [1.82, 2.24) is 15.2 Å². The summed E-state index contributed by atoms with van der Waals surface area (Å²) >= 11 is 2.21. The van der Waals surface area contributed by atoms with Crippen LogP contribution in [0.15, 0.2) is 10.5 Å². The van der Waals surface area contributed by atoms with Gasteiger partial charge in [0.2, 0.25) is 5.91 Å². The van der Waals surface area contributed by atoms with E-state index >= 15 is 0 Å². The Bertz CT molecular complexity index is 840. The van der Waals surface area contributed by atoms with E-state index in [1.807, 2.05) is 0 Å². The number of hydrogen-bond donors (Lipinski definition) is 3. The number of hydrogen-bond acceptors (Lipinski definition) is 10. The smallest absolute Gasteiger partial charge is 0.334 e. The first-order valence-corrected chi connectivity index (χ1v) is 9.69. The van der Waals surface area contributed by atoms with Gasteiger partial charge < -0.3 is 25.9 Å². The molecule has 2 amide bonds. The van der Waals surface area contributed by atoms with Gasteiger partial charge in [-0.05, 0) is 6.92 Å². The molecular weight excluding hydrogens is 398 g/mol. The maximum atomic E-state index is 12.6. The highest BCUT2D eigenvalue weighted by Gasteiger charge is 2.58. The maximum Gasteiger partial charge on any atom is 0.334 e. The number of amides is 2. The normalized spacial score (nSPS) is 24.9. The lowest BCUT2D eigenvalue weighted by Gasteiger charge is -2.50. The summed E-state index contributed by atoms with van der Waals surface area (Å²) in [5, 5.41) is 16.6. The molecule has 2 unspecified atom stereocenters. The number of fused-ring (bicyclic) bond motifs is 1. The molecular formula is C14H15N5O6S2. The summed E-state index contributed by atoms with van der Waals surface area (Å²) in [5.41, 5.74) is 5.62. The summed E-state index contributed by atoms with van der Waals surface area (Å²) in [7, 11) is 0. The number of thioether (sulfide) groups is 1. The zero-order valence-electron chi connectivity index (χ0n) is 13.9. The van der Waals surface area contributed by atoms with Gasteiger partial charge in [0, 0.05) is 5.38 Å². The largest absolute Gasteiger partial charge is 0.479 e. The third-order valence-corrected chi connectivity index (χ3v) is 5.81. The van der Waals surface area contributed by atoms with Crippen LogP contribution >= 0.6 is 23.1 Å². The molecule has 2 fully saturated rings. The molecule has 13 heteroatoms. The predicted molar refractivity (Wildman–Crippen MR) is 96.1 cm³/mol. The molecule has 144 valence electrons. The van der Waals surface area contributed by atoms with Gasteiger partial charge in [0.1, 0.15) is 23.7 Å². The van der Waals surface area contributed by atoms with Gasteiger partial charge in [-0.15, -0.1) is 23.1 Å². The molecule has 1 aromatic rings. The Labute approximate surface area is 160 Å². The average molecular weight is 413 g/mol. The Hall–Kier alpha value is -2.67. The highest BCUT2D eigenvalue weighted by Crippen LogP contribution is 2.36. The van der Waals surface area contributed by atoms with Crippen LogP contribution in [-0.4, -0.2) is 74.1 Å². The van der Waals surface area contributed by atoms with Gasteiger partial charge in [-0.25, -0.2) is 9.78 Å². The first-order valence-electron chi connectivity index (χ1n) is 7.76. The summed E-state index contributed by atoms with van der Waals surface area (Å²) in [4.78, 5) is 57.9. The lowest BCUT2D eigenvalue weighted by molar-refractivity contribution is -0.165. The van der Waals surface area contributed by atoms with E-state index in [9.17, 15) is 24.3 Å². The third-order valence-electron chi connectivity index (χ3n) is 3.84. The van der Waals surface area contributed by atoms with Crippen molar-refractivity contribution in [2.24, 2.45) is 5.16 Å². The molecule has 4 N–H and O–H groups in total. The lowest BCUT2D eigenvalue weighted by atomic mass is 10.00. The van der Waals surface area contributed by atoms with E-state index < -0.39 is 41.0 Å². The number of nitrogens with one attached hydrogen (secondary N) is 1. The van der Waals surface area contributed by atoms with Crippen molar-refractivity contribution in [2.75, 3.05) is 18.1 Å². The number of thiazole rings is 1. The van der Waals surface area contributed by atoms with Crippen molar-refractivity contribution in [1.29, 1.82) is 0 Å². The third kappa shape index (κ3) is 3.47. The van der Waals surface area contributed by atoms with Crippen LogP contribution in [0.1, 0.15) is 12.6 Å². The molecule has 0 aliphatic carbocycles. The minimum absolute atomic E-state index is 0.0553. The van der Waals surface area contributed by atoms with Gasteiger partial charge in [-0.3, -0.25) is 14.4 Å². The number of carboxylic acids is 1. The number of rotatable bonds is 6. The molecule has 0 saturated carbocycles. The van der Waals surface area contributed by atoms with Gasteiger partial charge in [0.05, 0.1) is 5.75 Å². The van der Waals surface area contributed by atoms with Crippen molar-refractivity contribution in [3.05, 3.63) is 11.1 Å². The number of nitrogens with zero attached hydrogens (tertiary/aromatic N) is 3. The number of aromatic nitrogens is 1.